The lowest BCUT2D eigenvalue weighted by molar-refractivity contribution is -0.119. The molecule has 6 nitrogen and oxygen atoms in total. The Morgan fingerprint density at radius 1 is 1.33 bits per heavy atom. The number of carbonyl (C=O) groups is 1. The molecule has 3 rings (SSSR count). The van der Waals surface area contributed by atoms with Gasteiger partial charge in [0.15, 0.2) is 5.82 Å². The number of ether oxygens (including phenoxy) is 1. The smallest absolute Gasteiger partial charge is 0.243 e. The van der Waals surface area contributed by atoms with Crippen LogP contribution in [0.25, 0.3) is 0 Å². The topological polar surface area (TPSA) is 90.8 Å². The molecule has 1 aromatic carbocycles. The summed E-state index contributed by atoms with van der Waals surface area (Å²) >= 11 is 0. The first-order valence-electron chi connectivity index (χ1n) is 6.55. The van der Waals surface area contributed by atoms with Gasteiger partial charge < -0.3 is 10.1 Å². The Labute approximate surface area is 121 Å². The van der Waals surface area contributed by atoms with E-state index in [1.54, 1.807) is 7.11 Å². The molecule has 0 radical (unpaired) electrons. The van der Waals surface area contributed by atoms with E-state index in [0.29, 0.717) is 5.82 Å². The molecule has 1 aromatic heterocycles. The number of anilines is 1. The first kappa shape index (κ1) is 13.2. The van der Waals surface area contributed by atoms with Crippen LogP contribution in [0.5, 0.6) is 5.75 Å². The standard InChI is InChI=1S/C15H14N4O2/c1-8-12-13(9-3-5-10(21-2)6-4-9)11(7-16)15(20)17-14(12)19-18-8/h3-6,11,13H,1-2H3,(H2,17,18,19,20). The molecule has 1 aliphatic rings. The van der Waals surface area contributed by atoms with Crippen molar-refractivity contribution in [3.63, 3.8) is 0 Å². The number of benzene rings is 1. The number of aryl methyl sites for hydroxylation is 1. The molecule has 1 aliphatic heterocycles. The summed E-state index contributed by atoms with van der Waals surface area (Å²) in [5, 5.41) is 19.0. The molecular formula is C15H14N4O2. The second-order valence-electron chi connectivity index (χ2n) is 4.96. The first-order valence-corrected chi connectivity index (χ1v) is 6.55. The number of nitrogens with one attached hydrogen (secondary N) is 2. The van der Waals surface area contributed by atoms with E-state index in [1.807, 2.05) is 31.2 Å². The summed E-state index contributed by atoms with van der Waals surface area (Å²) in [6.07, 6.45) is 0. The summed E-state index contributed by atoms with van der Waals surface area (Å²) in [4.78, 5) is 12.1. The van der Waals surface area contributed by atoms with Crippen LogP contribution in [0.15, 0.2) is 24.3 Å². The predicted molar refractivity (Wildman–Crippen MR) is 75.9 cm³/mol. The summed E-state index contributed by atoms with van der Waals surface area (Å²) in [7, 11) is 1.60. The maximum absolute atomic E-state index is 12.1. The molecule has 0 aliphatic carbocycles. The summed E-state index contributed by atoms with van der Waals surface area (Å²) in [5.74, 6) is -0.190. The fourth-order valence-corrected chi connectivity index (χ4v) is 2.73. The van der Waals surface area contributed by atoms with E-state index in [1.165, 1.54) is 0 Å². The second kappa shape index (κ2) is 4.94. The van der Waals surface area contributed by atoms with Gasteiger partial charge in [0.1, 0.15) is 11.7 Å². The van der Waals surface area contributed by atoms with Gasteiger partial charge in [-0.15, -0.1) is 0 Å². The fraction of sp³-hybridized carbons (Fsp3) is 0.267. The van der Waals surface area contributed by atoms with E-state index in [0.717, 1.165) is 22.6 Å². The van der Waals surface area contributed by atoms with Crippen LogP contribution >= 0.6 is 0 Å². The maximum atomic E-state index is 12.1. The lowest BCUT2D eigenvalue weighted by atomic mass is 9.78. The van der Waals surface area contributed by atoms with Gasteiger partial charge in [-0.1, -0.05) is 12.1 Å². The largest absolute Gasteiger partial charge is 0.497 e. The third kappa shape index (κ3) is 2.03. The maximum Gasteiger partial charge on any atom is 0.243 e. The van der Waals surface area contributed by atoms with Gasteiger partial charge >= 0.3 is 0 Å². The Balaban J connectivity index is 2.14. The van der Waals surface area contributed by atoms with Crippen molar-refractivity contribution >= 4 is 11.7 Å². The van der Waals surface area contributed by atoms with Crippen molar-refractivity contribution in [1.29, 1.82) is 5.26 Å². The average molecular weight is 282 g/mol. The van der Waals surface area contributed by atoms with Crippen molar-refractivity contribution in [2.75, 3.05) is 12.4 Å². The highest BCUT2D eigenvalue weighted by molar-refractivity contribution is 5.98. The van der Waals surface area contributed by atoms with Crippen molar-refractivity contribution in [2.45, 2.75) is 12.8 Å². The number of aromatic nitrogens is 2. The number of hydrogen-bond acceptors (Lipinski definition) is 4. The fourth-order valence-electron chi connectivity index (χ4n) is 2.73. The lowest BCUT2D eigenvalue weighted by Crippen LogP contribution is -2.33. The minimum absolute atomic E-state index is 0.322. The highest BCUT2D eigenvalue weighted by Crippen LogP contribution is 2.41. The Bertz CT molecular complexity index is 727. The number of nitrogens with zero attached hydrogens (tertiary/aromatic N) is 2. The molecule has 21 heavy (non-hydrogen) atoms. The molecule has 6 heteroatoms. The normalized spacial score (nSPS) is 20.3. The molecule has 1 amide bonds. The zero-order valence-corrected chi connectivity index (χ0v) is 11.7. The van der Waals surface area contributed by atoms with E-state index >= 15 is 0 Å². The van der Waals surface area contributed by atoms with Gasteiger partial charge in [0.2, 0.25) is 5.91 Å². The van der Waals surface area contributed by atoms with Crippen LogP contribution < -0.4 is 10.1 Å². The van der Waals surface area contributed by atoms with Crippen molar-refractivity contribution in [3.05, 3.63) is 41.1 Å². The van der Waals surface area contributed by atoms with Crippen molar-refractivity contribution in [3.8, 4) is 11.8 Å². The van der Waals surface area contributed by atoms with Gasteiger partial charge in [-0.2, -0.15) is 10.4 Å². The van der Waals surface area contributed by atoms with Crippen LogP contribution in [0.1, 0.15) is 22.7 Å². The van der Waals surface area contributed by atoms with E-state index in [9.17, 15) is 10.1 Å². The van der Waals surface area contributed by atoms with Gasteiger partial charge in [0, 0.05) is 17.2 Å². The van der Waals surface area contributed by atoms with Crippen molar-refractivity contribution < 1.29 is 9.53 Å². The van der Waals surface area contributed by atoms with Crippen LogP contribution in [0, 0.1) is 24.2 Å². The Hall–Kier alpha value is -2.81. The molecule has 2 atom stereocenters. The number of hydrogen-bond donors (Lipinski definition) is 2. The minimum atomic E-state index is -0.776. The molecule has 0 saturated heterocycles. The number of methoxy groups -OCH3 is 1. The number of amides is 1. The zero-order valence-electron chi connectivity index (χ0n) is 11.7. The van der Waals surface area contributed by atoms with Crippen LogP contribution in [0.3, 0.4) is 0 Å². The van der Waals surface area contributed by atoms with Gasteiger partial charge in [0.05, 0.1) is 13.2 Å². The minimum Gasteiger partial charge on any atom is -0.497 e. The Morgan fingerprint density at radius 2 is 2.05 bits per heavy atom. The van der Waals surface area contributed by atoms with Gasteiger partial charge in [-0.05, 0) is 24.6 Å². The van der Waals surface area contributed by atoms with E-state index in [4.69, 9.17) is 4.74 Å². The number of carbonyl (C=O) groups excluding carboxylic acids is 1. The monoisotopic (exact) mass is 282 g/mol. The number of fused-ring (bicyclic) bond motifs is 1. The van der Waals surface area contributed by atoms with Crippen molar-refractivity contribution in [2.24, 2.45) is 5.92 Å². The quantitative estimate of drug-likeness (QED) is 0.880. The van der Waals surface area contributed by atoms with Gasteiger partial charge in [0.25, 0.3) is 0 Å². The third-order valence-corrected chi connectivity index (χ3v) is 3.78. The number of aromatic amines is 1. The highest BCUT2D eigenvalue weighted by Gasteiger charge is 2.39. The number of H-pyrrole nitrogens is 1. The Kier molecular flexibility index (Phi) is 3.10. The van der Waals surface area contributed by atoms with E-state index < -0.39 is 5.92 Å². The van der Waals surface area contributed by atoms with Crippen LogP contribution in [-0.2, 0) is 4.79 Å². The highest BCUT2D eigenvalue weighted by atomic mass is 16.5. The predicted octanol–water partition coefficient (Wildman–Crippen LogP) is 1.95. The molecule has 0 bridgehead atoms. The molecule has 106 valence electrons. The molecular weight excluding hydrogens is 268 g/mol. The average Bonchev–Trinajstić information content (AvgIpc) is 2.87. The summed E-state index contributed by atoms with van der Waals surface area (Å²) < 4.78 is 5.15. The molecule has 0 spiro atoms. The molecule has 2 heterocycles. The van der Waals surface area contributed by atoms with Crippen LogP contribution in [0.4, 0.5) is 5.82 Å². The Morgan fingerprint density at radius 3 is 2.67 bits per heavy atom. The van der Waals surface area contributed by atoms with Crippen molar-refractivity contribution in [1.82, 2.24) is 10.2 Å². The van der Waals surface area contributed by atoms with E-state index in [-0.39, 0.29) is 11.8 Å². The summed E-state index contributed by atoms with van der Waals surface area (Å²) in [5.41, 5.74) is 2.61. The van der Waals surface area contributed by atoms with E-state index in [2.05, 4.69) is 21.6 Å². The molecule has 0 saturated carbocycles. The lowest BCUT2D eigenvalue weighted by Gasteiger charge is -2.27. The molecule has 2 aromatic rings. The molecule has 2 unspecified atom stereocenters. The summed E-state index contributed by atoms with van der Waals surface area (Å²) in [6, 6.07) is 9.51. The van der Waals surface area contributed by atoms with Gasteiger partial charge in [-0.25, -0.2) is 0 Å². The number of rotatable bonds is 2. The molecule has 0 fully saturated rings. The SMILES string of the molecule is COc1ccc(C2c3c(n[nH]c3C)NC(=O)C2C#N)cc1. The first-order chi connectivity index (χ1) is 10.2. The second-order valence-corrected chi connectivity index (χ2v) is 4.96. The number of nitriles is 1. The third-order valence-electron chi connectivity index (χ3n) is 3.78. The van der Waals surface area contributed by atoms with Crippen LogP contribution in [0.2, 0.25) is 0 Å². The van der Waals surface area contributed by atoms with Crippen LogP contribution in [-0.4, -0.2) is 23.2 Å². The summed E-state index contributed by atoms with van der Waals surface area (Å²) in [6.45, 7) is 1.88. The molecule has 2 N–H and O–H groups in total. The zero-order chi connectivity index (χ0) is 15.0. The van der Waals surface area contributed by atoms with Gasteiger partial charge in [-0.3, -0.25) is 9.89 Å².